The third-order valence-corrected chi connectivity index (χ3v) is 3.17. The van der Waals surface area contributed by atoms with Gasteiger partial charge in [0.1, 0.15) is 0 Å². The van der Waals surface area contributed by atoms with Crippen molar-refractivity contribution in [2.24, 2.45) is 0 Å². The van der Waals surface area contributed by atoms with Crippen LogP contribution < -0.4 is 0 Å². The van der Waals surface area contributed by atoms with E-state index in [1.165, 1.54) is 24.3 Å². The normalized spacial score (nSPS) is 12.4. The summed E-state index contributed by atoms with van der Waals surface area (Å²) in [6.45, 7) is -0.270. The van der Waals surface area contributed by atoms with Crippen LogP contribution in [0.1, 0.15) is 17.0 Å². The Morgan fingerprint density at radius 2 is 1.76 bits per heavy atom. The molecular formula is C17H16O4. The maximum Gasteiger partial charge on any atom is 0.165 e. The second-order valence-corrected chi connectivity index (χ2v) is 4.63. The van der Waals surface area contributed by atoms with Crippen molar-refractivity contribution in [3.63, 3.8) is 0 Å². The van der Waals surface area contributed by atoms with E-state index in [1.807, 2.05) is 18.2 Å². The summed E-state index contributed by atoms with van der Waals surface area (Å²) in [5.41, 5.74) is 1.34. The van der Waals surface area contributed by atoms with Gasteiger partial charge in [-0.15, -0.1) is 0 Å². The van der Waals surface area contributed by atoms with E-state index in [4.69, 9.17) is 0 Å². The summed E-state index contributed by atoms with van der Waals surface area (Å²) in [5, 5.41) is 28.0. The smallest absolute Gasteiger partial charge is 0.165 e. The third kappa shape index (κ3) is 3.70. The highest BCUT2D eigenvalue weighted by atomic mass is 16.3. The maximum atomic E-state index is 12.1. The third-order valence-electron chi connectivity index (χ3n) is 3.17. The summed E-state index contributed by atoms with van der Waals surface area (Å²) in [6.07, 6.45) is 2.90. The first kappa shape index (κ1) is 14.8. The predicted octanol–water partition coefficient (Wildman–Crippen LogP) is 2.46. The fraction of sp³-hybridized carbons (Fsp3) is 0.118. The molecule has 0 spiro atoms. The number of rotatable bonds is 5. The molecule has 21 heavy (non-hydrogen) atoms. The average Bonchev–Trinajstić information content (AvgIpc) is 2.50. The molecule has 0 bridgehead atoms. The largest absolute Gasteiger partial charge is 0.504 e. The summed E-state index contributed by atoms with van der Waals surface area (Å²) in [4.78, 5) is 12.1. The van der Waals surface area contributed by atoms with E-state index >= 15 is 0 Å². The lowest BCUT2D eigenvalue weighted by Crippen LogP contribution is -2.14. The minimum absolute atomic E-state index is 0.212. The van der Waals surface area contributed by atoms with Gasteiger partial charge >= 0.3 is 0 Å². The lowest BCUT2D eigenvalue weighted by atomic mass is 9.95. The summed E-state index contributed by atoms with van der Waals surface area (Å²) in [6, 6.07) is 13.3. The lowest BCUT2D eigenvalue weighted by molar-refractivity contribution is -0.116. The first-order valence-electron chi connectivity index (χ1n) is 6.51. The Hall–Kier alpha value is -2.59. The van der Waals surface area contributed by atoms with Crippen LogP contribution >= 0.6 is 0 Å². The highest BCUT2D eigenvalue weighted by Gasteiger charge is 2.16. The number of carbonyl (C=O) groups is 1. The van der Waals surface area contributed by atoms with Crippen molar-refractivity contribution >= 4 is 11.9 Å². The second-order valence-electron chi connectivity index (χ2n) is 4.63. The van der Waals surface area contributed by atoms with E-state index in [-0.39, 0.29) is 23.9 Å². The van der Waals surface area contributed by atoms with E-state index in [9.17, 15) is 20.1 Å². The van der Waals surface area contributed by atoms with Crippen LogP contribution in [0.4, 0.5) is 0 Å². The number of ketones is 1. The minimum atomic E-state index is -0.604. The number of aliphatic hydroxyl groups is 1. The Labute approximate surface area is 122 Å². The van der Waals surface area contributed by atoms with Crippen LogP contribution in [-0.2, 0) is 4.79 Å². The number of benzene rings is 2. The summed E-state index contributed by atoms with van der Waals surface area (Å²) >= 11 is 0. The lowest BCUT2D eigenvalue weighted by Gasteiger charge is -2.10. The zero-order chi connectivity index (χ0) is 15.2. The standard InChI is InChI=1S/C17H16O4/c18-11-14(13-4-2-1-3-5-13)15(19)8-6-12-7-9-16(20)17(21)10-12/h1-10,14,18,20-21H,11H2. The summed E-state index contributed by atoms with van der Waals surface area (Å²) in [7, 11) is 0. The maximum absolute atomic E-state index is 12.1. The van der Waals surface area contributed by atoms with E-state index in [2.05, 4.69) is 0 Å². The number of aromatic hydroxyl groups is 2. The van der Waals surface area contributed by atoms with E-state index < -0.39 is 5.92 Å². The van der Waals surface area contributed by atoms with Crippen molar-refractivity contribution in [3.8, 4) is 11.5 Å². The monoisotopic (exact) mass is 284 g/mol. The van der Waals surface area contributed by atoms with Gasteiger partial charge in [-0.1, -0.05) is 42.5 Å². The van der Waals surface area contributed by atoms with Crippen LogP contribution in [0.5, 0.6) is 11.5 Å². The van der Waals surface area contributed by atoms with Gasteiger partial charge in [0.05, 0.1) is 12.5 Å². The van der Waals surface area contributed by atoms with Gasteiger partial charge in [0, 0.05) is 0 Å². The van der Waals surface area contributed by atoms with Crippen LogP contribution in [0, 0.1) is 0 Å². The Balaban J connectivity index is 2.15. The number of phenolic OH excluding ortho intramolecular Hbond substituents is 2. The molecule has 108 valence electrons. The van der Waals surface area contributed by atoms with E-state index in [0.29, 0.717) is 5.56 Å². The number of hydrogen-bond donors (Lipinski definition) is 3. The second kappa shape index (κ2) is 6.72. The molecule has 0 aliphatic rings. The number of allylic oxidation sites excluding steroid dienone is 1. The molecule has 0 saturated carbocycles. The molecule has 0 aliphatic heterocycles. The fourth-order valence-electron chi connectivity index (χ4n) is 1.98. The van der Waals surface area contributed by atoms with Crippen molar-refractivity contribution < 1.29 is 20.1 Å². The summed E-state index contributed by atoms with van der Waals surface area (Å²) in [5.74, 6) is -1.29. The number of aliphatic hydroxyl groups excluding tert-OH is 1. The van der Waals surface area contributed by atoms with Crippen molar-refractivity contribution in [2.75, 3.05) is 6.61 Å². The van der Waals surface area contributed by atoms with Crippen molar-refractivity contribution in [3.05, 3.63) is 65.7 Å². The molecule has 0 amide bonds. The van der Waals surface area contributed by atoms with Gasteiger partial charge < -0.3 is 15.3 Å². The van der Waals surface area contributed by atoms with Gasteiger partial charge in [-0.25, -0.2) is 0 Å². The van der Waals surface area contributed by atoms with Crippen molar-refractivity contribution in [2.45, 2.75) is 5.92 Å². The molecule has 0 radical (unpaired) electrons. The molecule has 2 aromatic rings. The van der Waals surface area contributed by atoms with Crippen LogP contribution in [0.25, 0.3) is 6.08 Å². The molecule has 1 atom stereocenters. The Morgan fingerprint density at radius 3 is 2.38 bits per heavy atom. The first-order chi connectivity index (χ1) is 10.1. The van der Waals surface area contributed by atoms with Gasteiger partial charge in [0.2, 0.25) is 0 Å². The van der Waals surface area contributed by atoms with Gasteiger partial charge in [-0.2, -0.15) is 0 Å². The minimum Gasteiger partial charge on any atom is -0.504 e. The Kier molecular flexibility index (Phi) is 4.74. The first-order valence-corrected chi connectivity index (χ1v) is 6.51. The molecular weight excluding hydrogens is 268 g/mol. The number of hydrogen-bond acceptors (Lipinski definition) is 4. The highest BCUT2D eigenvalue weighted by Crippen LogP contribution is 2.25. The average molecular weight is 284 g/mol. The topological polar surface area (TPSA) is 77.8 Å². The quantitative estimate of drug-likeness (QED) is 0.582. The molecule has 4 nitrogen and oxygen atoms in total. The zero-order valence-electron chi connectivity index (χ0n) is 11.3. The molecule has 2 rings (SSSR count). The fourth-order valence-corrected chi connectivity index (χ4v) is 1.98. The molecule has 0 aromatic heterocycles. The molecule has 0 saturated heterocycles. The molecule has 0 fully saturated rings. The van der Waals surface area contributed by atoms with E-state index in [0.717, 1.165) is 5.56 Å². The Morgan fingerprint density at radius 1 is 1.05 bits per heavy atom. The van der Waals surface area contributed by atoms with Crippen LogP contribution in [-0.4, -0.2) is 27.7 Å². The zero-order valence-corrected chi connectivity index (χ0v) is 11.3. The number of phenols is 2. The van der Waals surface area contributed by atoms with Crippen LogP contribution in [0.2, 0.25) is 0 Å². The molecule has 2 aromatic carbocycles. The van der Waals surface area contributed by atoms with Gasteiger partial charge in [-0.3, -0.25) is 4.79 Å². The SMILES string of the molecule is O=C(C=Cc1ccc(O)c(O)c1)C(CO)c1ccccc1. The molecule has 0 heterocycles. The molecule has 0 aliphatic carbocycles. The molecule has 3 N–H and O–H groups in total. The Bertz CT molecular complexity index is 647. The van der Waals surface area contributed by atoms with Crippen molar-refractivity contribution in [1.82, 2.24) is 0 Å². The van der Waals surface area contributed by atoms with Gasteiger partial charge in [0.25, 0.3) is 0 Å². The van der Waals surface area contributed by atoms with Crippen molar-refractivity contribution in [1.29, 1.82) is 0 Å². The van der Waals surface area contributed by atoms with Gasteiger partial charge in [0.15, 0.2) is 17.3 Å². The molecule has 1 unspecified atom stereocenters. The van der Waals surface area contributed by atoms with Crippen LogP contribution in [0.3, 0.4) is 0 Å². The highest BCUT2D eigenvalue weighted by molar-refractivity contribution is 5.98. The summed E-state index contributed by atoms with van der Waals surface area (Å²) < 4.78 is 0. The number of carbonyl (C=O) groups excluding carboxylic acids is 1. The molecule has 4 heteroatoms. The predicted molar refractivity (Wildman–Crippen MR) is 80.1 cm³/mol. The van der Waals surface area contributed by atoms with E-state index in [1.54, 1.807) is 18.2 Å². The van der Waals surface area contributed by atoms with Crippen LogP contribution in [0.15, 0.2) is 54.6 Å². The van der Waals surface area contributed by atoms with Gasteiger partial charge in [-0.05, 0) is 29.3 Å².